The summed E-state index contributed by atoms with van der Waals surface area (Å²) in [4.78, 5) is 29.0. The Morgan fingerprint density at radius 1 is 0.949 bits per heavy atom. The molecule has 0 saturated heterocycles. The number of benzene rings is 3. The fourth-order valence-corrected chi connectivity index (χ4v) is 5.47. The van der Waals surface area contributed by atoms with E-state index < -0.39 is 28.5 Å². The Kier molecular flexibility index (Phi) is 10.5. The predicted molar refractivity (Wildman–Crippen MR) is 157 cm³/mol. The summed E-state index contributed by atoms with van der Waals surface area (Å²) < 4.78 is 26.9. The van der Waals surface area contributed by atoms with Gasteiger partial charge in [0.1, 0.15) is 12.6 Å². The lowest BCUT2D eigenvalue weighted by atomic mass is 10.0. The number of nitrogens with one attached hydrogen (secondary N) is 1. The number of anilines is 1. The molecule has 3 aromatic rings. The normalized spacial score (nSPS) is 12.0. The highest BCUT2D eigenvalue weighted by Gasteiger charge is 2.33. The molecule has 208 valence electrons. The minimum atomic E-state index is -3.82. The molecule has 9 heteroatoms. The van der Waals surface area contributed by atoms with Crippen LogP contribution in [0.25, 0.3) is 0 Å². The number of halogens is 1. The number of carbonyl (C=O) groups excluding carboxylic acids is 2. The summed E-state index contributed by atoms with van der Waals surface area (Å²) in [5, 5.41) is 3.38. The molecule has 0 aliphatic rings. The Bertz CT molecular complexity index is 1380. The topological polar surface area (TPSA) is 86.8 Å². The molecule has 0 aliphatic heterocycles. The Morgan fingerprint density at radius 3 is 2.15 bits per heavy atom. The van der Waals surface area contributed by atoms with Crippen molar-refractivity contribution >= 4 is 39.1 Å². The molecule has 1 N–H and O–H groups in total. The molecule has 0 spiro atoms. The maximum Gasteiger partial charge on any atom is 0.244 e. The maximum absolute atomic E-state index is 14.1. The smallest absolute Gasteiger partial charge is 0.244 e. The molecule has 3 aromatic carbocycles. The zero-order valence-electron chi connectivity index (χ0n) is 22.9. The number of sulfonamides is 1. The molecule has 1 atom stereocenters. The number of rotatable bonds is 12. The van der Waals surface area contributed by atoms with E-state index in [0.717, 1.165) is 33.7 Å². The third-order valence-electron chi connectivity index (χ3n) is 6.29. The Morgan fingerprint density at radius 2 is 1.56 bits per heavy atom. The van der Waals surface area contributed by atoms with Crippen LogP contribution in [0.15, 0.2) is 72.8 Å². The van der Waals surface area contributed by atoms with Gasteiger partial charge in [-0.2, -0.15) is 0 Å². The van der Waals surface area contributed by atoms with Gasteiger partial charge in [-0.1, -0.05) is 73.1 Å². The van der Waals surface area contributed by atoms with Crippen molar-refractivity contribution in [1.29, 1.82) is 0 Å². The molecule has 2 amide bonds. The summed E-state index contributed by atoms with van der Waals surface area (Å²) in [5.74, 6) is -0.814. The number of aryl methyl sites for hydroxylation is 2. The van der Waals surface area contributed by atoms with Gasteiger partial charge in [0.25, 0.3) is 0 Å². The summed E-state index contributed by atoms with van der Waals surface area (Å²) in [7, 11) is -3.82. The van der Waals surface area contributed by atoms with E-state index in [4.69, 9.17) is 11.6 Å². The van der Waals surface area contributed by atoms with Gasteiger partial charge in [0.15, 0.2) is 0 Å². The van der Waals surface area contributed by atoms with E-state index in [-0.39, 0.29) is 18.9 Å². The molecule has 0 fully saturated rings. The molecule has 0 radical (unpaired) electrons. The fraction of sp³-hybridized carbons (Fsp3) is 0.333. The highest BCUT2D eigenvalue weighted by molar-refractivity contribution is 7.92. The van der Waals surface area contributed by atoms with Crippen LogP contribution in [0, 0.1) is 13.8 Å². The van der Waals surface area contributed by atoms with Crippen molar-refractivity contribution in [2.24, 2.45) is 0 Å². The van der Waals surface area contributed by atoms with Gasteiger partial charge in [0, 0.05) is 24.5 Å². The summed E-state index contributed by atoms with van der Waals surface area (Å²) in [6, 6.07) is 21.1. The highest BCUT2D eigenvalue weighted by atomic mass is 35.5. The van der Waals surface area contributed by atoms with Crippen molar-refractivity contribution in [3.05, 3.63) is 100 Å². The monoisotopic (exact) mass is 569 g/mol. The van der Waals surface area contributed by atoms with Crippen LogP contribution < -0.4 is 9.62 Å². The molecule has 0 unspecified atom stereocenters. The van der Waals surface area contributed by atoms with Gasteiger partial charge in [-0.25, -0.2) is 8.42 Å². The van der Waals surface area contributed by atoms with E-state index in [1.54, 1.807) is 30.3 Å². The van der Waals surface area contributed by atoms with Crippen molar-refractivity contribution in [3.63, 3.8) is 0 Å². The van der Waals surface area contributed by atoms with E-state index >= 15 is 0 Å². The Labute approximate surface area is 236 Å². The number of carbonyl (C=O) groups is 2. The molecular weight excluding hydrogens is 534 g/mol. The van der Waals surface area contributed by atoms with E-state index in [1.807, 2.05) is 63.2 Å². The Balaban J connectivity index is 2.07. The number of amides is 2. The summed E-state index contributed by atoms with van der Waals surface area (Å²) in [6.45, 7) is 5.73. The van der Waals surface area contributed by atoms with Crippen molar-refractivity contribution < 1.29 is 18.0 Å². The molecule has 0 aliphatic carbocycles. The molecule has 0 bridgehead atoms. The van der Waals surface area contributed by atoms with E-state index in [1.165, 1.54) is 4.90 Å². The quantitative estimate of drug-likeness (QED) is 0.336. The lowest BCUT2D eigenvalue weighted by Crippen LogP contribution is -2.53. The van der Waals surface area contributed by atoms with Crippen molar-refractivity contribution in [2.45, 2.75) is 46.2 Å². The van der Waals surface area contributed by atoms with Crippen molar-refractivity contribution in [3.8, 4) is 0 Å². The second-order valence-electron chi connectivity index (χ2n) is 9.73. The van der Waals surface area contributed by atoms with Gasteiger partial charge in [0.2, 0.25) is 21.8 Å². The largest absolute Gasteiger partial charge is 0.354 e. The SMILES string of the molecule is CCCNC(=O)[C@H](Cc1ccccc1)N(Cc1ccccc1Cl)C(=O)CN(c1cc(C)cc(C)c1)S(C)(=O)=O. The molecule has 0 heterocycles. The van der Waals surface area contributed by atoms with Gasteiger partial charge in [0.05, 0.1) is 11.9 Å². The van der Waals surface area contributed by atoms with Gasteiger partial charge < -0.3 is 10.2 Å². The van der Waals surface area contributed by atoms with Crippen LogP contribution in [0.3, 0.4) is 0 Å². The second-order valence-corrected chi connectivity index (χ2v) is 12.0. The van der Waals surface area contributed by atoms with Crippen LogP contribution in [0.5, 0.6) is 0 Å². The molecule has 7 nitrogen and oxygen atoms in total. The van der Waals surface area contributed by atoms with E-state index in [2.05, 4.69) is 5.32 Å². The minimum Gasteiger partial charge on any atom is -0.354 e. The molecule has 3 rings (SSSR count). The lowest BCUT2D eigenvalue weighted by Gasteiger charge is -2.33. The first-order valence-corrected chi connectivity index (χ1v) is 15.1. The van der Waals surface area contributed by atoms with Crippen molar-refractivity contribution in [2.75, 3.05) is 23.7 Å². The van der Waals surface area contributed by atoms with Crippen LogP contribution in [0.1, 0.15) is 35.6 Å². The number of hydrogen-bond acceptors (Lipinski definition) is 4. The highest BCUT2D eigenvalue weighted by Crippen LogP contribution is 2.24. The number of hydrogen-bond donors (Lipinski definition) is 1. The van der Waals surface area contributed by atoms with Crippen LogP contribution in [-0.4, -0.2) is 50.5 Å². The first kappa shape index (κ1) is 30.2. The number of nitrogens with zero attached hydrogens (tertiary/aromatic N) is 2. The first-order chi connectivity index (χ1) is 18.5. The third kappa shape index (κ3) is 8.57. The molecule has 0 aromatic heterocycles. The average Bonchev–Trinajstić information content (AvgIpc) is 2.88. The van der Waals surface area contributed by atoms with Crippen LogP contribution in [-0.2, 0) is 32.6 Å². The zero-order valence-corrected chi connectivity index (χ0v) is 24.4. The van der Waals surface area contributed by atoms with Gasteiger partial charge in [-0.3, -0.25) is 13.9 Å². The van der Waals surface area contributed by atoms with E-state index in [0.29, 0.717) is 22.8 Å². The predicted octanol–water partition coefficient (Wildman–Crippen LogP) is 4.89. The maximum atomic E-state index is 14.1. The fourth-order valence-electron chi connectivity index (χ4n) is 4.44. The standard InChI is InChI=1S/C30H36ClN3O4S/c1-5-15-32-30(36)28(19-24-11-7-6-8-12-24)33(20-25-13-9-10-14-27(25)31)29(35)21-34(39(4,37)38)26-17-22(2)16-23(3)18-26/h6-14,16-18,28H,5,15,19-21H2,1-4H3,(H,32,36)/t28-/m0/s1. The molecule has 39 heavy (non-hydrogen) atoms. The lowest BCUT2D eigenvalue weighted by molar-refractivity contribution is -0.140. The van der Waals surface area contributed by atoms with Crippen LogP contribution >= 0.6 is 11.6 Å². The molecular formula is C30H36ClN3O4S. The third-order valence-corrected chi connectivity index (χ3v) is 7.80. The molecule has 0 saturated carbocycles. The first-order valence-electron chi connectivity index (χ1n) is 12.9. The van der Waals surface area contributed by atoms with Crippen molar-refractivity contribution in [1.82, 2.24) is 10.2 Å². The Hall–Kier alpha value is -3.36. The zero-order chi connectivity index (χ0) is 28.6. The second kappa shape index (κ2) is 13.6. The van der Waals surface area contributed by atoms with Gasteiger partial charge >= 0.3 is 0 Å². The summed E-state index contributed by atoms with van der Waals surface area (Å²) in [6.07, 6.45) is 2.07. The summed E-state index contributed by atoms with van der Waals surface area (Å²) in [5.41, 5.74) is 3.68. The van der Waals surface area contributed by atoms with Crippen LogP contribution in [0.2, 0.25) is 5.02 Å². The average molecular weight is 570 g/mol. The van der Waals surface area contributed by atoms with E-state index in [9.17, 15) is 18.0 Å². The minimum absolute atomic E-state index is 0.0417. The van der Waals surface area contributed by atoms with Gasteiger partial charge in [-0.15, -0.1) is 0 Å². The van der Waals surface area contributed by atoms with Crippen LogP contribution in [0.4, 0.5) is 5.69 Å². The van der Waals surface area contributed by atoms with Gasteiger partial charge in [-0.05, 0) is 60.7 Å². The summed E-state index contributed by atoms with van der Waals surface area (Å²) >= 11 is 6.47.